The van der Waals surface area contributed by atoms with Crippen LogP contribution in [0, 0.1) is 0 Å². The molecule has 2 N–H and O–H groups in total. The Morgan fingerprint density at radius 2 is 2.13 bits per heavy atom. The summed E-state index contributed by atoms with van der Waals surface area (Å²) in [7, 11) is 1.08. The molecule has 0 aliphatic carbocycles. The number of alkyl halides is 3. The molecule has 31 heavy (non-hydrogen) atoms. The number of nitrogens with zero attached hydrogens (tertiary/aromatic N) is 4. The summed E-state index contributed by atoms with van der Waals surface area (Å²) >= 11 is 0. The van der Waals surface area contributed by atoms with Crippen molar-refractivity contribution >= 4 is 34.2 Å². The van der Waals surface area contributed by atoms with Gasteiger partial charge in [0.25, 0.3) is 5.91 Å². The zero-order chi connectivity index (χ0) is 22.3. The van der Waals surface area contributed by atoms with Gasteiger partial charge in [0.2, 0.25) is 5.91 Å². The second kappa shape index (κ2) is 7.56. The molecule has 1 aliphatic heterocycles. The number of benzene rings is 1. The molecule has 2 amide bonds. The van der Waals surface area contributed by atoms with E-state index in [9.17, 15) is 22.8 Å². The number of pyridine rings is 1. The van der Waals surface area contributed by atoms with Gasteiger partial charge in [-0.05, 0) is 24.6 Å². The molecule has 11 heteroatoms. The number of fused-ring (bicyclic) bond motifs is 2. The number of likely N-dealkylation sites (N-methyl/N-ethyl adjacent to an activating group) is 1. The van der Waals surface area contributed by atoms with Crippen molar-refractivity contribution in [3.8, 4) is 0 Å². The highest BCUT2D eigenvalue weighted by molar-refractivity contribution is 6.05. The Labute approximate surface area is 175 Å². The Morgan fingerprint density at radius 3 is 2.87 bits per heavy atom. The van der Waals surface area contributed by atoms with Gasteiger partial charge in [-0.15, -0.1) is 0 Å². The summed E-state index contributed by atoms with van der Waals surface area (Å²) in [6.07, 6.45) is -1.32. The number of hydrogen-bond acceptors (Lipinski definition) is 5. The molecule has 3 heterocycles. The van der Waals surface area contributed by atoms with Crippen molar-refractivity contribution in [1.82, 2.24) is 25.0 Å². The molecule has 0 fully saturated rings. The fourth-order valence-corrected chi connectivity index (χ4v) is 3.42. The van der Waals surface area contributed by atoms with Crippen molar-refractivity contribution < 1.29 is 22.8 Å². The highest BCUT2D eigenvalue weighted by Gasteiger charge is 2.41. The Kier molecular flexibility index (Phi) is 5.03. The number of rotatable bonds is 5. The number of H-pyrrole nitrogens is 1. The first kappa shape index (κ1) is 20.6. The lowest BCUT2D eigenvalue weighted by atomic mass is 10.1. The molecule has 8 nitrogen and oxygen atoms in total. The Hall–Kier alpha value is -3.63. The predicted octanol–water partition coefficient (Wildman–Crippen LogP) is 3.07. The Morgan fingerprint density at radius 1 is 1.35 bits per heavy atom. The van der Waals surface area contributed by atoms with E-state index in [1.807, 2.05) is 6.07 Å². The van der Waals surface area contributed by atoms with Crippen LogP contribution >= 0.6 is 0 Å². The summed E-state index contributed by atoms with van der Waals surface area (Å²) in [5.74, 6) is -1.20. The standard InChI is InChI=1S/C20H19F3N6O2/c1-11(20(21,22)23)28(2)16(30)10-29-9-12-4-3-5-15(17(12)19(29)31)26-14-6-13-7-25-27-18(13)24-8-14/h3-8,11,26H,9-10H2,1-2H3,(H,24,25,27)/t11-/m0/s1. The quantitative estimate of drug-likeness (QED) is 0.646. The first-order valence-electron chi connectivity index (χ1n) is 9.45. The van der Waals surface area contributed by atoms with Crippen LogP contribution in [0.4, 0.5) is 24.5 Å². The van der Waals surface area contributed by atoms with Crippen LogP contribution in [0.3, 0.4) is 0 Å². The minimum absolute atomic E-state index is 0.142. The minimum atomic E-state index is -4.54. The fourth-order valence-electron chi connectivity index (χ4n) is 3.42. The molecule has 162 valence electrons. The predicted molar refractivity (Wildman–Crippen MR) is 107 cm³/mol. The number of hydrogen-bond donors (Lipinski definition) is 2. The summed E-state index contributed by atoms with van der Waals surface area (Å²) in [5, 5.41) is 10.6. The number of halogens is 3. The first-order valence-corrected chi connectivity index (χ1v) is 9.45. The van der Waals surface area contributed by atoms with E-state index in [2.05, 4.69) is 20.5 Å². The maximum atomic E-state index is 13.0. The van der Waals surface area contributed by atoms with Gasteiger partial charge in [0.1, 0.15) is 12.6 Å². The van der Waals surface area contributed by atoms with Gasteiger partial charge in [-0.2, -0.15) is 18.3 Å². The van der Waals surface area contributed by atoms with Gasteiger partial charge < -0.3 is 15.1 Å². The van der Waals surface area contributed by atoms with Crippen molar-refractivity contribution in [2.75, 3.05) is 18.9 Å². The molecule has 3 aromatic rings. The summed E-state index contributed by atoms with van der Waals surface area (Å²) in [4.78, 5) is 31.4. The average molecular weight is 432 g/mol. The molecule has 0 saturated heterocycles. The van der Waals surface area contributed by atoms with Gasteiger partial charge in [-0.25, -0.2) is 4.98 Å². The normalized spacial score (nSPS) is 14.6. The number of aromatic amines is 1. The van der Waals surface area contributed by atoms with Gasteiger partial charge in [-0.1, -0.05) is 12.1 Å². The highest BCUT2D eigenvalue weighted by atomic mass is 19.4. The SMILES string of the molecule is C[C@H](N(C)C(=O)CN1Cc2cccc(Nc3cnc4[nH]ncc4c3)c2C1=O)C(F)(F)F. The lowest BCUT2D eigenvalue weighted by Gasteiger charge is -2.28. The third kappa shape index (κ3) is 3.90. The van der Waals surface area contributed by atoms with E-state index in [4.69, 9.17) is 0 Å². The largest absolute Gasteiger partial charge is 0.408 e. The number of carbonyl (C=O) groups is 2. The number of carbonyl (C=O) groups excluding carboxylic acids is 2. The van der Waals surface area contributed by atoms with Crippen LogP contribution in [0.5, 0.6) is 0 Å². The van der Waals surface area contributed by atoms with Crippen LogP contribution in [-0.2, 0) is 11.3 Å². The molecule has 2 aromatic heterocycles. The highest BCUT2D eigenvalue weighted by Crippen LogP contribution is 2.32. The van der Waals surface area contributed by atoms with Crippen LogP contribution in [0.2, 0.25) is 0 Å². The third-order valence-electron chi connectivity index (χ3n) is 5.36. The molecule has 1 aromatic carbocycles. The van der Waals surface area contributed by atoms with Crippen molar-refractivity contribution in [1.29, 1.82) is 0 Å². The summed E-state index contributed by atoms with van der Waals surface area (Å²) < 4.78 is 38.7. The van der Waals surface area contributed by atoms with Gasteiger partial charge in [0.05, 0.1) is 29.3 Å². The first-order chi connectivity index (χ1) is 14.6. The van der Waals surface area contributed by atoms with E-state index >= 15 is 0 Å². The number of nitrogens with one attached hydrogen (secondary N) is 2. The molecule has 4 rings (SSSR count). The maximum absolute atomic E-state index is 13.0. The number of aromatic nitrogens is 3. The zero-order valence-corrected chi connectivity index (χ0v) is 16.7. The number of anilines is 2. The molecule has 0 spiro atoms. The zero-order valence-electron chi connectivity index (χ0n) is 16.7. The van der Waals surface area contributed by atoms with E-state index in [1.54, 1.807) is 30.6 Å². The van der Waals surface area contributed by atoms with Crippen LogP contribution in [-0.4, -0.2) is 62.6 Å². The van der Waals surface area contributed by atoms with Crippen molar-refractivity contribution in [3.63, 3.8) is 0 Å². The van der Waals surface area contributed by atoms with E-state index in [-0.39, 0.29) is 6.54 Å². The molecular weight excluding hydrogens is 413 g/mol. The molecule has 0 radical (unpaired) electrons. The second-order valence-corrected chi connectivity index (χ2v) is 7.38. The topological polar surface area (TPSA) is 94.2 Å². The van der Waals surface area contributed by atoms with Gasteiger partial charge >= 0.3 is 6.18 Å². The van der Waals surface area contributed by atoms with Gasteiger partial charge in [-0.3, -0.25) is 14.7 Å². The van der Waals surface area contributed by atoms with Crippen molar-refractivity contribution in [3.05, 3.63) is 47.8 Å². The number of amides is 2. The van der Waals surface area contributed by atoms with Crippen LogP contribution < -0.4 is 5.32 Å². The van der Waals surface area contributed by atoms with Crippen molar-refractivity contribution in [2.45, 2.75) is 25.7 Å². The van der Waals surface area contributed by atoms with E-state index in [0.717, 1.165) is 19.4 Å². The molecular formula is C20H19F3N6O2. The van der Waals surface area contributed by atoms with E-state index in [0.29, 0.717) is 33.0 Å². The lowest BCUT2D eigenvalue weighted by molar-refractivity contribution is -0.182. The van der Waals surface area contributed by atoms with Crippen LogP contribution in [0.25, 0.3) is 11.0 Å². The Bertz CT molecular complexity index is 1160. The van der Waals surface area contributed by atoms with Gasteiger partial charge in [0, 0.05) is 19.0 Å². The average Bonchev–Trinajstić information content (AvgIpc) is 3.31. The molecule has 0 unspecified atom stereocenters. The fraction of sp³-hybridized carbons (Fsp3) is 0.300. The van der Waals surface area contributed by atoms with Crippen LogP contribution in [0.1, 0.15) is 22.8 Å². The van der Waals surface area contributed by atoms with E-state index in [1.165, 1.54) is 4.90 Å². The monoisotopic (exact) mass is 432 g/mol. The molecule has 0 saturated carbocycles. The molecule has 1 atom stereocenters. The van der Waals surface area contributed by atoms with Gasteiger partial charge in [0.15, 0.2) is 5.65 Å². The maximum Gasteiger partial charge on any atom is 0.408 e. The van der Waals surface area contributed by atoms with Crippen molar-refractivity contribution in [2.24, 2.45) is 0 Å². The lowest BCUT2D eigenvalue weighted by Crippen LogP contribution is -2.48. The second-order valence-electron chi connectivity index (χ2n) is 7.38. The minimum Gasteiger partial charge on any atom is -0.354 e. The summed E-state index contributed by atoms with van der Waals surface area (Å²) in [6, 6.07) is 5.12. The smallest absolute Gasteiger partial charge is 0.354 e. The van der Waals surface area contributed by atoms with E-state index < -0.39 is 30.6 Å². The summed E-state index contributed by atoms with van der Waals surface area (Å²) in [5.41, 5.74) is 2.87. The summed E-state index contributed by atoms with van der Waals surface area (Å²) in [6.45, 7) is 0.612. The third-order valence-corrected chi connectivity index (χ3v) is 5.36. The molecule has 0 bridgehead atoms. The molecule has 1 aliphatic rings. The van der Waals surface area contributed by atoms with Crippen LogP contribution in [0.15, 0.2) is 36.7 Å². The Balaban J connectivity index is 1.52.